The van der Waals surface area contributed by atoms with Gasteiger partial charge in [0, 0.05) is 27.9 Å². The molecular formula is C23H20F3NO2. The summed E-state index contributed by atoms with van der Waals surface area (Å²) in [5, 5.41) is 0. The molecule has 0 saturated carbocycles. The Kier molecular flexibility index (Phi) is 3.64. The van der Waals surface area contributed by atoms with Crippen LogP contribution < -0.4 is 9.47 Å². The molecule has 5 rings (SSSR count). The molecule has 3 aromatic rings. The smallest absolute Gasteiger partial charge is 0.431 e. The molecule has 2 aliphatic rings. The van der Waals surface area contributed by atoms with Crippen molar-refractivity contribution in [1.82, 2.24) is 4.57 Å². The van der Waals surface area contributed by atoms with E-state index in [2.05, 4.69) is 0 Å². The molecule has 1 aromatic heterocycles. The van der Waals surface area contributed by atoms with Crippen LogP contribution in [0.15, 0.2) is 48.5 Å². The van der Waals surface area contributed by atoms with Crippen LogP contribution in [-0.4, -0.2) is 17.9 Å². The lowest BCUT2D eigenvalue weighted by molar-refractivity contribution is -0.200. The van der Waals surface area contributed by atoms with Crippen LogP contribution >= 0.6 is 0 Å². The number of ether oxygens (including phenoxy) is 2. The van der Waals surface area contributed by atoms with Gasteiger partial charge in [0.2, 0.25) is 6.10 Å². The summed E-state index contributed by atoms with van der Waals surface area (Å²) in [6.07, 6.45) is -5.92. The predicted octanol–water partition coefficient (Wildman–Crippen LogP) is 6.12. The van der Waals surface area contributed by atoms with Gasteiger partial charge in [0.15, 0.2) is 0 Å². The third-order valence-corrected chi connectivity index (χ3v) is 5.82. The van der Waals surface area contributed by atoms with Gasteiger partial charge in [0.25, 0.3) is 0 Å². The number of methoxy groups -OCH3 is 1. The topological polar surface area (TPSA) is 23.4 Å². The van der Waals surface area contributed by atoms with Crippen molar-refractivity contribution >= 4 is 0 Å². The lowest BCUT2D eigenvalue weighted by Gasteiger charge is -2.39. The number of hydrogen-bond acceptors (Lipinski definition) is 2. The SMILES string of the molecule is COc1ccc2c(c1)CC(C)(C)n1c-2cc2c1C(C(F)(F)F)Oc1ccccc1-2. The molecule has 1 atom stereocenters. The van der Waals surface area contributed by atoms with E-state index in [1.807, 2.05) is 54.8 Å². The number of rotatable bonds is 1. The highest BCUT2D eigenvalue weighted by Crippen LogP contribution is 2.53. The summed E-state index contributed by atoms with van der Waals surface area (Å²) < 4.78 is 54.8. The normalized spacial score (nSPS) is 18.8. The monoisotopic (exact) mass is 399 g/mol. The van der Waals surface area contributed by atoms with Gasteiger partial charge in [-0.25, -0.2) is 0 Å². The number of hydrogen-bond donors (Lipinski definition) is 0. The van der Waals surface area contributed by atoms with E-state index in [1.54, 1.807) is 19.2 Å². The second-order valence-electron chi connectivity index (χ2n) is 8.21. The Labute approximate surface area is 166 Å². The molecule has 2 aliphatic heterocycles. The van der Waals surface area contributed by atoms with Crippen LogP contribution in [0.1, 0.15) is 31.2 Å². The highest BCUT2D eigenvalue weighted by molar-refractivity contribution is 5.82. The van der Waals surface area contributed by atoms with Crippen molar-refractivity contribution < 1.29 is 22.6 Å². The van der Waals surface area contributed by atoms with E-state index in [0.717, 1.165) is 22.6 Å². The van der Waals surface area contributed by atoms with Crippen LogP contribution in [0.4, 0.5) is 13.2 Å². The molecule has 1 unspecified atom stereocenters. The first-order valence-electron chi connectivity index (χ1n) is 9.47. The zero-order valence-corrected chi connectivity index (χ0v) is 16.3. The van der Waals surface area contributed by atoms with Crippen molar-refractivity contribution in [3.05, 3.63) is 59.8 Å². The third-order valence-electron chi connectivity index (χ3n) is 5.82. The summed E-state index contributed by atoms with van der Waals surface area (Å²) in [4.78, 5) is 0. The van der Waals surface area contributed by atoms with Crippen LogP contribution in [0.3, 0.4) is 0 Å². The minimum atomic E-state index is -4.52. The zero-order valence-electron chi connectivity index (χ0n) is 16.3. The lowest BCUT2D eigenvalue weighted by Crippen LogP contribution is -2.39. The molecule has 150 valence electrons. The number of nitrogens with zero attached hydrogens (tertiary/aromatic N) is 1. The maximum Gasteiger partial charge on any atom is 0.431 e. The minimum absolute atomic E-state index is 0.178. The standard InChI is InChI=1S/C23H20F3NO2/c1-22(2)12-13-10-14(28-3)8-9-15(13)18-11-17-16-6-4-5-7-19(16)29-21(23(24,25)26)20(17)27(18)22/h4-11,21H,12H2,1-3H3. The Morgan fingerprint density at radius 3 is 2.52 bits per heavy atom. The molecule has 2 aromatic carbocycles. The third kappa shape index (κ3) is 2.58. The van der Waals surface area contributed by atoms with Gasteiger partial charge >= 0.3 is 6.18 Å². The Hall–Kier alpha value is -2.89. The van der Waals surface area contributed by atoms with E-state index in [4.69, 9.17) is 9.47 Å². The number of halogens is 3. The Morgan fingerprint density at radius 2 is 1.79 bits per heavy atom. The van der Waals surface area contributed by atoms with Gasteiger partial charge in [-0.15, -0.1) is 0 Å². The largest absolute Gasteiger partial charge is 0.497 e. The summed E-state index contributed by atoms with van der Waals surface area (Å²) in [5.41, 5.74) is 3.67. The number of para-hydroxylation sites is 1. The molecule has 0 fully saturated rings. The second kappa shape index (κ2) is 5.81. The molecule has 0 radical (unpaired) electrons. The molecule has 3 heterocycles. The summed E-state index contributed by atoms with van der Waals surface area (Å²) >= 11 is 0. The highest BCUT2D eigenvalue weighted by atomic mass is 19.4. The van der Waals surface area contributed by atoms with E-state index in [9.17, 15) is 13.2 Å². The number of alkyl halides is 3. The van der Waals surface area contributed by atoms with E-state index >= 15 is 0 Å². The average molecular weight is 399 g/mol. The second-order valence-corrected chi connectivity index (χ2v) is 8.21. The summed E-state index contributed by atoms with van der Waals surface area (Å²) in [5.74, 6) is 1.00. The molecular weight excluding hydrogens is 379 g/mol. The molecule has 0 N–H and O–H groups in total. The minimum Gasteiger partial charge on any atom is -0.497 e. The molecule has 0 aliphatic carbocycles. The summed E-state index contributed by atoms with van der Waals surface area (Å²) in [7, 11) is 1.61. The van der Waals surface area contributed by atoms with Crippen LogP contribution in [0.25, 0.3) is 22.4 Å². The molecule has 0 spiro atoms. The quantitative estimate of drug-likeness (QED) is 0.492. The molecule has 3 nitrogen and oxygen atoms in total. The lowest BCUT2D eigenvalue weighted by atomic mass is 9.86. The van der Waals surface area contributed by atoms with E-state index in [-0.39, 0.29) is 11.4 Å². The van der Waals surface area contributed by atoms with Gasteiger partial charge < -0.3 is 14.0 Å². The van der Waals surface area contributed by atoms with E-state index < -0.39 is 17.8 Å². The van der Waals surface area contributed by atoms with Crippen LogP contribution in [0.2, 0.25) is 0 Å². The molecule has 29 heavy (non-hydrogen) atoms. The van der Waals surface area contributed by atoms with E-state index in [1.165, 1.54) is 0 Å². The van der Waals surface area contributed by atoms with Crippen molar-refractivity contribution in [2.24, 2.45) is 0 Å². The summed E-state index contributed by atoms with van der Waals surface area (Å²) in [6, 6.07) is 14.5. The fourth-order valence-corrected chi connectivity index (χ4v) is 4.68. The van der Waals surface area contributed by atoms with Gasteiger partial charge in [-0.1, -0.05) is 18.2 Å². The number of aromatic nitrogens is 1. The first kappa shape index (κ1) is 18.2. The molecule has 6 heteroatoms. The average Bonchev–Trinajstić information content (AvgIpc) is 3.07. The molecule has 0 bridgehead atoms. The van der Waals surface area contributed by atoms with E-state index in [0.29, 0.717) is 17.5 Å². The highest BCUT2D eigenvalue weighted by Gasteiger charge is 2.51. The van der Waals surface area contributed by atoms with Crippen molar-refractivity contribution in [2.75, 3.05) is 7.11 Å². The fourth-order valence-electron chi connectivity index (χ4n) is 4.68. The Morgan fingerprint density at radius 1 is 1.03 bits per heavy atom. The van der Waals surface area contributed by atoms with Crippen molar-refractivity contribution in [1.29, 1.82) is 0 Å². The van der Waals surface area contributed by atoms with Gasteiger partial charge in [-0.2, -0.15) is 13.2 Å². The Balaban J connectivity index is 1.84. The Bertz CT molecular complexity index is 1130. The van der Waals surface area contributed by atoms with Gasteiger partial charge in [0.05, 0.1) is 12.8 Å². The van der Waals surface area contributed by atoms with Crippen LogP contribution in [0.5, 0.6) is 11.5 Å². The van der Waals surface area contributed by atoms with Crippen molar-refractivity contribution in [3.63, 3.8) is 0 Å². The van der Waals surface area contributed by atoms with Gasteiger partial charge in [-0.3, -0.25) is 0 Å². The van der Waals surface area contributed by atoms with Crippen molar-refractivity contribution in [3.8, 4) is 33.9 Å². The van der Waals surface area contributed by atoms with Gasteiger partial charge in [0.1, 0.15) is 11.5 Å². The first-order valence-corrected chi connectivity index (χ1v) is 9.47. The summed E-state index contributed by atoms with van der Waals surface area (Å²) in [6.45, 7) is 3.93. The van der Waals surface area contributed by atoms with Crippen LogP contribution in [-0.2, 0) is 12.0 Å². The fraction of sp³-hybridized carbons (Fsp3) is 0.304. The molecule has 0 amide bonds. The first-order chi connectivity index (χ1) is 13.7. The molecule has 0 saturated heterocycles. The number of benzene rings is 2. The maximum absolute atomic E-state index is 14.1. The van der Waals surface area contributed by atoms with Crippen LogP contribution in [0, 0.1) is 0 Å². The van der Waals surface area contributed by atoms with Crippen molar-refractivity contribution in [2.45, 2.75) is 38.1 Å². The number of fused-ring (bicyclic) bond motifs is 7. The maximum atomic E-state index is 14.1. The predicted molar refractivity (Wildman–Crippen MR) is 104 cm³/mol. The van der Waals surface area contributed by atoms with Gasteiger partial charge in [-0.05, 0) is 56.2 Å². The zero-order chi connectivity index (χ0) is 20.6.